The van der Waals surface area contributed by atoms with Crippen LogP contribution in [0.5, 0.6) is 0 Å². The van der Waals surface area contributed by atoms with Gasteiger partial charge in [-0.1, -0.05) is 129 Å². The van der Waals surface area contributed by atoms with Gasteiger partial charge >= 0.3 is 0 Å². The van der Waals surface area contributed by atoms with E-state index < -0.39 is 0 Å². The van der Waals surface area contributed by atoms with Crippen molar-refractivity contribution in [1.29, 1.82) is 0 Å². The van der Waals surface area contributed by atoms with E-state index in [1.54, 1.807) is 5.06 Å². The summed E-state index contributed by atoms with van der Waals surface area (Å²) in [6, 6.07) is 0. The molecule has 0 atom stereocenters. The van der Waals surface area contributed by atoms with Crippen molar-refractivity contribution in [3.8, 4) is 0 Å². The lowest BCUT2D eigenvalue weighted by atomic mass is 10.1. The van der Waals surface area contributed by atoms with Crippen molar-refractivity contribution in [3.05, 3.63) is 0 Å². The number of hydrogen-bond donors (Lipinski definition) is 1. The molecule has 0 radical (unpaired) electrons. The molecule has 0 aliphatic rings. The zero-order chi connectivity index (χ0) is 19.1. The normalized spacial score (nSPS) is 11.5. The predicted octanol–water partition coefficient (Wildman–Crippen LogP) is 8.52. The van der Waals surface area contributed by atoms with Crippen LogP contribution >= 0.6 is 0 Å². The van der Waals surface area contributed by atoms with Gasteiger partial charge in [-0.3, -0.25) is 0 Å². The van der Waals surface area contributed by atoms with Crippen molar-refractivity contribution in [2.45, 2.75) is 142 Å². The first-order valence-electron chi connectivity index (χ1n) is 12.2. The molecule has 26 heavy (non-hydrogen) atoms. The van der Waals surface area contributed by atoms with Gasteiger partial charge in [0.1, 0.15) is 0 Å². The van der Waals surface area contributed by atoms with Crippen LogP contribution in [0.15, 0.2) is 0 Å². The zero-order valence-corrected chi connectivity index (χ0v) is 18.5. The van der Waals surface area contributed by atoms with E-state index in [0.29, 0.717) is 0 Å². The molecule has 0 spiro atoms. The molecule has 0 saturated heterocycles. The predicted molar refractivity (Wildman–Crippen MR) is 117 cm³/mol. The molecule has 0 fully saturated rings. The summed E-state index contributed by atoms with van der Waals surface area (Å²) < 4.78 is 0. The first-order valence-corrected chi connectivity index (χ1v) is 12.2. The van der Waals surface area contributed by atoms with Crippen LogP contribution in [0.4, 0.5) is 0 Å². The lowest BCUT2D eigenvalue weighted by Gasteiger charge is -2.14. The van der Waals surface area contributed by atoms with E-state index in [1.807, 2.05) is 0 Å². The topological polar surface area (TPSA) is 23.5 Å². The molecule has 0 aliphatic heterocycles. The Labute approximate surface area is 166 Å². The number of rotatable bonds is 22. The zero-order valence-electron chi connectivity index (χ0n) is 18.5. The van der Waals surface area contributed by atoms with E-state index in [9.17, 15) is 5.21 Å². The van der Waals surface area contributed by atoms with Crippen molar-refractivity contribution < 1.29 is 5.21 Å². The minimum absolute atomic E-state index is 0.868. The highest BCUT2D eigenvalue weighted by atomic mass is 16.5. The molecular formula is C24H51NO. The average Bonchev–Trinajstić information content (AvgIpc) is 2.65. The third-order valence-electron chi connectivity index (χ3n) is 5.54. The van der Waals surface area contributed by atoms with Gasteiger partial charge in [0.2, 0.25) is 0 Å². The van der Waals surface area contributed by atoms with Gasteiger partial charge < -0.3 is 5.21 Å². The largest absolute Gasteiger partial charge is 0.314 e. The van der Waals surface area contributed by atoms with Crippen molar-refractivity contribution in [1.82, 2.24) is 5.06 Å². The van der Waals surface area contributed by atoms with Gasteiger partial charge in [0, 0.05) is 13.1 Å². The van der Waals surface area contributed by atoms with Crippen LogP contribution in [0.25, 0.3) is 0 Å². The maximum atomic E-state index is 9.92. The standard InChI is InChI=1S/C24H51NO/c1-3-5-7-9-11-13-14-15-16-18-20-22-24-25(26)23-21-19-17-12-10-8-6-4-2/h26H,3-24H2,1-2H3. The van der Waals surface area contributed by atoms with Gasteiger partial charge in [0.05, 0.1) is 0 Å². The number of hydrogen-bond acceptors (Lipinski definition) is 2. The first kappa shape index (κ1) is 25.9. The Morgan fingerprint density at radius 2 is 0.615 bits per heavy atom. The molecule has 0 rings (SSSR count). The molecule has 0 aromatic heterocycles. The van der Waals surface area contributed by atoms with E-state index in [4.69, 9.17) is 0 Å². The number of unbranched alkanes of at least 4 members (excludes halogenated alkanes) is 18. The maximum Gasteiger partial charge on any atom is 0.0238 e. The summed E-state index contributed by atoms with van der Waals surface area (Å²) >= 11 is 0. The van der Waals surface area contributed by atoms with Gasteiger partial charge in [-0.05, 0) is 12.8 Å². The van der Waals surface area contributed by atoms with Crippen LogP contribution in [-0.2, 0) is 0 Å². The smallest absolute Gasteiger partial charge is 0.0238 e. The molecule has 2 heteroatoms. The highest BCUT2D eigenvalue weighted by Crippen LogP contribution is 2.12. The number of nitrogens with zero attached hydrogens (tertiary/aromatic N) is 1. The first-order chi connectivity index (χ1) is 12.8. The second-order valence-corrected chi connectivity index (χ2v) is 8.32. The molecule has 0 amide bonds. The van der Waals surface area contributed by atoms with Gasteiger partial charge in [0.15, 0.2) is 0 Å². The van der Waals surface area contributed by atoms with Crippen LogP contribution in [0.3, 0.4) is 0 Å². The fourth-order valence-corrected chi connectivity index (χ4v) is 3.68. The minimum Gasteiger partial charge on any atom is -0.314 e. The molecule has 1 N–H and O–H groups in total. The minimum atomic E-state index is 0.868. The highest BCUT2D eigenvalue weighted by molar-refractivity contribution is 4.52. The summed E-state index contributed by atoms with van der Waals surface area (Å²) in [5.74, 6) is 0. The second kappa shape index (κ2) is 23.0. The summed E-state index contributed by atoms with van der Waals surface area (Å²) in [4.78, 5) is 0. The fourth-order valence-electron chi connectivity index (χ4n) is 3.68. The van der Waals surface area contributed by atoms with Crippen LogP contribution in [-0.4, -0.2) is 23.4 Å². The van der Waals surface area contributed by atoms with E-state index in [-0.39, 0.29) is 0 Å². The monoisotopic (exact) mass is 369 g/mol. The Balaban J connectivity index is 3.11. The van der Waals surface area contributed by atoms with Gasteiger partial charge in [-0.15, -0.1) is 0 Å². The Morgan fingerprint density at radius 1 is 0.385 bits per heavy atom. The summed E-state index contributed by atoms with van der Waals surface area (Å²) in [5.41, 5.74) is 0. The molecule has 0 bridgehead atoms. The molecule has 0 aromatic rings. The molecule has 2 nitrogen and oxygen atoms in total. The lowest BCUT2D eigenvalue weighted by Crippen LogP contribution is -2.21. The van der Waals surface area contributed by atoms with Crippen LogP contribution in [0, 0.1) is 0 Å². The molecule has 0 saturated carbocycles. The highest BCUT2D eigenvalue weighted by Gasteiger charge is 2.00. The van der Waals surface area contributed by atoms with Gasteiger partial charge in [-0.25, -0.2) is 0 Å². The average molecular weight is 370 g/mol. The van der Waals surface area contributed by atoms with E-state index in [1.165, 1.54) is 116 Å². The number of hydroxylamine groups is 2. The van der Waals surface area contributed by atoms with E-state index in [2.05, 4.69) is 13.8 Å². The van der Waals surface area contributed by atoms with E-state index in [0.717, 1.165) is 25.9 Å². The molecule has 0 aliphatic carbocycles. The third-order valence-corrected chi connectivity index (χ3v) is 5.54. The molecular weight excluding hydrogens is 318 g/mol. The second-order valence-electron chi connectivity index (χ2n) is 8.32. The Bertz CT molecular complexity index is 244. The van der Waals surface area contributed by atoms with Crippen molar-refractivity contribution in [3.63, 3.8) is 0 Å². The van der Waals surface area contributed by atoms with Crippen molar-refractivity contribution in [2.75, 3.05) is 13.1 Å². The van der Waals surface area contributed by atoms with Crippen LogP contribution in [0.2, 0.25) is 0 Å². The maximum absolute atomic E-state index is 9.92. The van der Waals surface area contributed by atoms with Crippen molar-refractivity contribution >= 4 is 0 Å². The molecule has 0 unspecified atom stereocenters. The lowest BCUT2D eigenvalue weighted by molar-refractivity contribution is -0.0925. The third kappa shape index (κ3) is 22.0. The summed E-state index contributed by atoms with van der Waals surface area (Å²) in [6.07, 6.45) is 27.2. The van der Waals surface area contributed by atoms with Crippen molar-refractivity contribution in [2.24, 2.45) is 0 Å². The fraction of sp³-hybridized carbons (Fsp3) is 1.00. The Morgan fingerprint density at radius 3 is 0.885 bits per heavy atom. The Kier molecular flexibility index (Phi) is 22.9. The summed E-state index contributed by atoms with van der Waals surface area (Å²) in [6.45, 7) is 6.29. The quantitative estimate of drug-likeness (QED) is 0.153. The molecule has 158 valence electrons. The molecule has 0 heterocycles. The van der Waals surface area contributed by atoms with Gasteiger partial charge in [-0.2, -0.15) is 5.06 Å². The Hall–Kier alpha value is -0.0800. The SMILES string of the molecule is CCCCCCCCCCCCCCN(O)CCCCCCCCCC. The molecule has 0 aromatic carbocycles. The summed E-state index contributed by atoms with van der Waals surface area (Å²) in [5, 5.41) is 11.5. The van der Waals surface area contributed by atoms with Gasteiger partial charge in [0.25, 0.3) is 0 Å². The van der Waals surface area contributed by atoms with E-state index >= 15 is 0 Å². The van der Waals surface area contributed by atoms with Crippen LogP contribution in [0.1, 0.15) is 142 Å². The van der Waals surface area contributed by atoms with Crippen LogP contribution < -0.4 is 0 Å². The summed E-state index contributed by atoms with van der Waals surface area (Å²) in [7, 11) is 0.